The van der Waals surface area contributed by atoms with Crippen LogP contribution in [0.15, 0.2) is 18.2 Å². The zero-order valence-electron chi connectivity index (χ0n) is 10.6. The Morgan fingerprint density at radius 2 is 1.95 bits per heavy atom. The molecule has 1 saturated carbocycles. The molecule has 1 aromatic rings. The van der Waals surface area contributed by atoms with Gasteiger partial charge in [-0.15, -0.1) is 0 Å². The highest BCUT2D eigenvalue weighted by atomic mass is 19.4. The molecule has 1 aliphatic carbocycles. The predicted octanol–water partition coefficient (Wildman–Crippen LogP) is 4.24. The first-order valence-corrected chi connectivity index (χ1v) is 6.35. The van der Waals surface area contributed by atoms with E-state index in [1.54, 1.807) is 0 Å². The van der Waals surface area contributed by atoms with E-state index in [1.165, 1.54) is 6.07 Å². The van der Waals surface area contributed by atoms with Crippen LogP contribution in [0.5, 0.6) is 0 Å². The monoisotopic (exact) mass is 276 g/mol. The highest BCUT2D eigenvalue weighted by molar-refractivity contribution is 5.32. The second-order valence-corrected chi connectivity index (χ2v) is 5.26. The zero-order valence-corrected chi connectivity index (χ0v) is 10.6. The molecule has 0 saturated heterocycles. The third kappa shape index (κ3) is 2.61. The Kier molecular flexibility index (Phi) is 3.60. The molecule has 0 aliphatic heterocycles. The molecular formula is C14H16F4O. The van der Waals surface area contributed by atoms with E-state index >= 15 is 0 Å². The molecule has 1 fully saturated rings. The molecule has 2 unspecified atom stereocenters. The van der Waals surface area contributed by atoms with Crippen LogP contribution in [-0.4, -0.2) is 5.11 Å². The molecule has 19 heavy (non-hydrogen) atoms. The van der Waals surface area contributed by atoms with Gasteiger partial charge in [0.1, 0.15) is 5.82 Å². The van der Waals surface area contributed by atoms with Crippen molar-refractivity contribution >= 4 is 0 Å². The number of halogens is 4. The summed E-state index contributed by atoms with van der Waals surface area (Å²) in [5.74, 6) is -1.43. The molecule has 0 radical (unpaired) electrons. The van der Waals surface area contributed by atoms with E-state index in [0.717, 1.165) is 31.4 Å². The standard InChI is InChI=1S/C14H16F4O/c1-9-4-2-3-7-13(9,19)10-5-6-12(15)11(8-10)14(16,17)18/h5-6,8-9,19H,2-4,7H2,1H3. The van der Waals surface area contributed by atoms with E-state index in [1.807, 2.05) is 6.92 Å². The van der Waals surface area contributed by atoms with Crippen molar-refractivity contribution in [2.75, 3.05) is 0 Å². The van der Waals surface area contributed by atoms with Gasteiger partial charge in [-0.1, -0.05) is 25.8 Å². The Morgan fingerprint density at radius 3 is 2.53 bits per heavy atom. The molecule has 0 aromatic heterocycles. The van der Waals surface area contributed by atoms with Gasteiger partial charge < -0.3 is 5.11 Å². The molecule has 1 aliphatic rings. The van der Waals surface area contributed by atoms with Crippen molar-refractivity contribution in [3.8, 4) is 0 Å². The summed E-state index contributed by atoms with van der Waals surface area (Å²) < 4.78 is 51.3. The van der Waals surface area contributed by atoms with Crippen LogP contribution in [0.3, 0.4) is 0 Å². The van der Waals surface area contributed by atoms with Gasteiger partial charge in [0.05, 0.1) is 11.2 Å². The fraction of sp³-hybridized carbons (Fsp3) is 0.571. The average molecular weight is 276 g/mol. The summed E-state index contributed by atoms with van der Waals surface area (Å²) in [6.07, 6.45) is -1.85. The quantitative estimate of drug-likeness (QED) is 0.760. The smallest absolute Gasteiger partial charge is 0.385 e. The lowest BCUT2D eigenvalue weighted by molar-refractivity contribution is -0.140. The molecule has 0 bridgehead atoms. The molecular weight excluding hydrogens is 260 g/mol. The predicted molar refractivity (Wildman–Crippen MR) is 62.9 cm³/mol. The summed E-state index contributed by atoms with van der Waals surface area (Å²) in [5.41, 5.74) is -2.43. The van der Waals surface area contributed by atoms with Crippen molar-refractivity contribution in [2.24, 2.45) is 5.92 Å². The van der Waals surface area contributed by atoms with Crippen LogP contribution in [-0.2, 0) is 11.8 Å². The highest BCUT2D eigenvalue weighted by Crippen LogP contribution is 2.43. The minimum absolute atomic E-state index is 0.132. The second kappa shape index (κ2) is 4.78. The van der Waals surface area contributed by atoms with Gasteiger partial charge in [-0.25, -0.2) is 4.39 Å². The number of benzene rings is 1. The lowest BCUT2D eigenvalue weighted by Gasteiger charge is -2.39. The third-order valence-electron chi connectivity index (χ3n) is 4.03. The summed E-state index contributed by atoms with van der Waals surface area (Å²) in [6.45, 7) is 1.82. The molecule has 0 spiro atoms. The molecule has 2 atom stereocenters. The van der Waals surface area contributed by atoms with E-state index in [4.69, 9.17) is 0 Å². The zero-order chi connectivity index (χ0) is 14.3. The molecule has 1 aromatic carbocycles. The van der Waals surface area contributed by atoms with Crippen molar-refractivity contribution in [3.63, 3.8) is 0 Å². The molecule has 0 amide bonds. The first-order valence-electron chi connectivity index (χ1n) is 6.35. The van der Waals surface area contributed by atoms with Crippen molar-refractivity contribution in [1.82, 2.24) is 0 Å². The lowest BCUT2D eigenvalue weighted by atomic mass is 9.72. The van der Waals surface area contributed by atoms with Crippen molar-refractivity contribution in [1.29, 1.82) is 0 Å². The number of rotatable bonds is 1. The van der Waals surface area contributed by atoms with Gasteiger partial charge in [0.15, 0.2) is 0 Å². The maximum absolute atomic E-state index is 13.3. The summed E-state index contributed by atoms with van der Waals surface area (Å²) in [5, 5.41) is 10.6. The van der Waals surface area contributed by atoms with Gasteiger partial charge >= 0.3 is 6.18 Å². The van der Waals surface area contributed by atoms with Crippen LogP contribution < -0.4 is 0 Å². The SMILES string of the molecule is CC1CCCCC1(O)c1ccc(F)c(C(F)(F)F)c1. The van der Waals surface area contributed by atoms with E-state index < -0.39 is 23.2 Å². The third-order valence-corrected chi connectivity index (χ3v) is 4.03. The fourth-order valence-corrected chi connectivity index (χ4v) is 2.77. The number of hydrogen-bond donors (Lipinski definition) is 1. The van der Waals surface area contributed by atoms with Crippen LogP contribution in [0.1, 0.15) is 43.7 Å². The Morgan fingerprint density at radius 1 is 1.26 bits per heavy atom. The lowest BCUT2D eigenvalue weighted by Crippen LogP contribution is -2.36. The Balaban J connectivity index is 2.46. The van der Waals surface area contributed by atoms with E-state index in [-0.39, 0.29) is 11.5 Å². The van der Waals surface area contributed by atoms with Crippen LogP contribution in [0.2, 0.25) is 0 Å². The van der Waals surface area contributed by atoms with Crippen LogP contribution in [0.25, 0.3) is 0 Å². The summed E-state index contributed by atoms with van der Waals surface area (Å²) in [4.78, 5) is 0. The maximum atomic E-state index is 13.3. The number of hydrogen-bond acceptors (Lipinski definition) is 1. The molecule has 5 heteroatoms. The van der Waals surface area contributed by atoms with Crippen LogP contribution in [0.4, 0.5) is 17.6 Å². The largest absolute Gasteiger partial charge is 0.419 e. The topological polar surface area (TPSA) is 20.2 Å². The van der Waals surface area contributed by atoms with Gasteiger partial charge in [-0.05, 0) is 36.5 Å². The van der Waals surface area contributed by atoms with Gasteiger partial charge in [0.2, 0.25) is 0 Å². The van der Waals surface area contributed by atoms with E-state index in [0.29, 0.717) is 6.42 Å². The van der Waals surface area contributed by atoms with Gasteiger partial charge in [0, 0.05) is 0 Å². The Bertz CT molecular complexity index is 469. The van der Waals surface area contributed by atoms with Gasteiger partial charge in [-0.2, -0.15) is 13.2 Å². The molecule has 1 nitrogen and oxygen atoms in total. The highest BCUT2D eigenvalue weighted by Gasteiger charge is 2.40. The van der Waals surface area contributed by atoms with Crippen molar-refractivity contribution in [2.45, 2.75) is 44.4 Å². The fourth-order valence-electron chi connectivity index (χ4n) is 2.77. The molecule has 106 valence electrons. The Hall–Kier alpha value is -1.10. The average Bonchev–Trinajstić information content (AvgIpc) is 2.32. The molecule has 1 N–H and O–H groups in total. The van der Waals surface area contributed by atoms with Crippen molar-refractivity contribution < 1.29 is 22.7 Å². The summed E-state index contributed by atoms with van der Waals surface area (Å²) in [7, 11) is 0. The number of aliphatic hydroxyl groups is 1. The maximum Gasteiger partial charge on any atom is 0.419 e. The van der Waals surface area contributed by atoms with Crippen LogP contribution in [0, 0.1) is 11.7 Å². The first kappa shape index (κ1) is 14.3. The minimum atomic E-state index is -4.74. The van der Waals surface area contributed by atoms with Gasteiger partial charge in [-0.3, -0.25) is 0 Å². The van der Waals surface area contributed by atoms with Crippen LogP contribution >= 0.6 is 0 Å². The molecule has 0 heterocycles. The second-order valence-electron chi connectivity index (χ2n) is 5.26. The van der Waals surface area contributed by atoms with Gasteiger partial charge in [0.25, 0.3) is 0 Å². The molecule has 2 rings (SSSR count). The summed E-state index contributed by atoms with van der Waals surface area (Å²) >= 11 is 0. The van der Waals surface area contributed by atoms with E-state index in [2.05, 4.69) is 0 Å². The van der Waals surface area contributed by atoms with E-state index in [9.17, 15) is 22.7 Å². The number of alkyl halides is 3. The van der Waals surface area contributed by atoms with Crippen molar-refractivity contribution in [3.05, 3.63) is 35.1 Å². The normalized spacial score (nSPS) is 28.4. The Labute approximate surface area is 109 Å². The first-order chi connectivity index (χ1) is 8.75. The summed E-state index contributed by atoms with van der Waals surface area (Å²) in [6, 6.07) is 2.79. The minimum Gasteiger partial charge on any atom is -0.385 e.